The van der Waals surface area contributed by atoms with Crippen molar-refractivity contribution in [1.82, 2.24) is 4.90 Å². The minimum Gasteiger partial charge on any atom is -0.395 e. The van der Waals surface area contributed by atoms with Crippen molar-refractivity contribution in [3.05, 3.63) is 29.8 Å². The molecule has 1 aromatic rings. The van der Waals surface area contributed by atoms with Gasteiger partial charge in [0.25, 0.3) is 5.91 Å². The van der Waals surface area contributed by atoms with Gasteiger partial charge in [-0.3, -0.25) is 9.00 Å². The van der Waals surface area contributed by atoms with Gasteiger partial charge in [0.2, 0.25) is 0 Å². The van der Waals surface area contributed by atoms with Crippen molar-refractivity contribution in [3.63, 3.8) is 0 Å². The largest absolute Gasteiger partial charge is 0.395 e. The van der Waals surface area contributed by atoms with Crippen molar-refractivity contribution >= 4 is 16.7 Å². The average molecular weight is 269 g/mol. The molecule has 0 heterocycles. The molecule has 0 aromatic heterocycles. The summed E-state index contributed by atoms with van der Waals surface area (Å²) < 4.78 is 11.8. The van der Waals surface area contributed by atoms with Crippen molar-refractivity contribution in [2.75, 3.05) is 20.2 Å². The van der Waals surface area contributed by atoms with Gasteiger partial charge in [-0.1, -0.05) is 13.8 Å². The summed E-state index contributed by atoms with van der Waals surface area (Å²) in [7, 11) is 0.602. The second kappa shape index (κ2) is 6.66. The lowest BCUT2D eigenvalue weighted by Crippen LogP contribution is -2.29. The molecule has 1 N–H and O–H groups in total. The maximum absolute atomic E-state index is 11.9. The summed E-state index contributed by atoms with van der Waals surface area (Å²) >= 11 is 0. The van der Waals surface area contributed by atoms with Gasteiger partial charge in [0.05, 0.1) is 17.4 Å². The summed E-state index contributed by atoms with van der Waals surface area (Å²) in [5.41, 5.74) is 0.537. The standard InChI is InChI=1S/C13H19NO3S/c1-10(2)18(17)12-6-4-11(5-7-12)13(16)14(3)8-9-15/h4-7,10,15H,8-9H2,1-3H3. The Balaban J connectivity index is 2.83. The molecule has 0 radical (unpaired) electrons. The maximum Gasteiger partial charge on any atom is 0.253 e. The van der Waals surface area contributed by atoms with Gasteiger partial charge in [0.1, 0.15) is 0 Å². The molecular formula is C13H19NO3S. The first-order valence-electron chi connectivity index (χ1n) is 5.84. The second-order valence-electron chi connectivity index (χ2n) is 4.32. The van der Waals surface area contributed by atoms with Crippen molar-refractivity contribution in [2.45, 2.75) is 24.0 Å². The van der Waals surface area contributed by atoms with E-state index in [-0.39, 0.29) is 17.8 Å². The zero-order valence-corrected chi connectivity index (χ0v) is 11.7. The summed E-state index contributed by atoms with van der Waals surface area (Å²) in [6, 6.07) is 6.78. The van der Waals surface area contributed by atoms with Gasteiger partial charge in [0.15, 0.2) is 0 Å². The molecule has 0 aliphatic rings. The highest BCUT2D eigenvalue weighted by Crippen LogP contribution is 2.13. The predicted octanol–water partition coefficient (Wildman–Crippen LogP) is 1.27. The minimum absolute atomic E-state index is 0.0578. The van der Waals surface area contributed by atoms with Gasteiger partial charge >= 0.3 is 0 Å². The maximum atomic E-state index is 11.9. The van der Waals surface area contributed by atoms with Crippen LogP contribution >= 0.6 is 0 Å². The Kier molecular flexibility index (Phi) is 5.50. The van der Waals surface area contributed by atoms with Crippen LogP contribution in [0.5, 0.6) is 0 Å². The molecule has 0 saturated carbocycles. The highest BCUT2D eigenvalue weighted by molar-refractivity contribution is 7.85. The first-order chi connectivity index (χ1) is 8.47. The molecule has 1 atom stereocenters. The monoisotopic (exact) mass is 269 g/mol. The quantitative estimate of drug-likeness (QED) is 0.875. The Hall–Kier alpha value is -1.20. The van der Waals surface area contributed by atoms with Gasteiger partial charge < -0.3 is 10.0 Å². The van der Waals surface area contributed by atoms with Crippen LogP contribution in [0.1, 0.15) is 24.2 Å². The Labute approximate surface area is 110 Å². The normalized spacial score (nSPS) is 12.5. The molecule has 1 aromatic carbocycles. The topological polar surface area (TPSA) is 57.6 Å². The third kappa shape index (κ3) is 3.65. The van der Waals surface area contributed by atoms with E-state index >= 15 is 0 Å². The summed E-state index contributed by atoms with van der Waals surface area (Å²) in [5.74, 6) is -0.147. The fourth-order valence-electron chi connectivity index (χ4n) is 1.48. The first-order valence-corrected chi connectivity index (χ1v) is 7.05. The van der Waals surface area contributed by atoms with E-state index in [1.165, 1.54) is 4.90 Å². The molecule has 0 fully saturated rings. The number of carbonyl (C=O) groups excluding carboxylic acids is 1. The Morgan fingerprint density at radius 3 is 2.33 bits per heavy atom. The van der Waals surface area contributed by atoms with Crippen LogP contribution in [0.4, 0.5) is 0 Å². The van der Waals surface area contributed by atoms with Crippen LogP contribution in [-0.4, -0.2) is 45.6 Å². The number of likely N-dealkylation sites (N-methyl/N-ethyl adjacent to an activating group) is 1. The lowest BCUT2D eigenvalue weighted by molar-refractivity contribution is 0.0767. The van der Waals surface area contributed by atoms with Gasteiger partial charge in [-0.05, 0) is 24.3 Å². The van der Waals surface area contributed by atoms with E-state index in [9.17, 15) is 9.00 Å². The van der Waals surface area contributed by atoms with Gasteiger partial charge in [-0.15, -0.1) is 0 Å². The molecule has 0 aliphatic heterocycles. The summed E-state index contributed by atoms with van der Waals surface area (Å²) in [5, 5.41) is 8.84. The van der Waals surface area contributed by atoms with Crippen LogP contribution in [0.2, 0.25) is 0 Å². The molecular weight excluding hydrogens is 250 g/mol. The molecule has 4 nitrogen and oxygen atoms in total. The number of benzene rings is 1. The lowest BCUT2D eigenvalue weighted by atomic mass is 10.2. The zero-order chi connectivity index (χ0) is 13.7. The van der Waals surface area contributed by atoms with Crippen LogP contribution in [0.25, 0.3) is 0 Å². The molecule has 1 amide bonds. The van der Waals surface area contributed by atoms with Crippen LogP contribution in [0.15, 0.2) is 29.2 Å². The Morgan fingerprint density at radius 2 is 1.89 bits per heavy atom. The molecule has 0 spiro atoms. The van der Waals surface area contributed by atoms with E-state index in [4.69, 9.17) is 5.11 Å². The average Bonchev–Trinajstić information content (AvgIpc) is 2.37. The molecule has 18 heavy (non-hydrogen) atoms. The molecule has 0 aliphatic carbocycles. The van der Waals surface area contributed by atoms with E-state index in [1.807, 2.05) is 13.8 Å². The van der Waals surface area contributed by atoms with Crippen molar-refractivity contribution in [3.8, 4) is 0 Å². The molecule has 1 rings (SSSR count). The molecule has 100 valence electrons. The Morgan fingerprint density at radius 1 is 1.33 bits per heavy atom. The van der Waals surface area contributed by atoms with Crippen LogP contribution in [0, 0.1) is 0 Å². The van der Waals surface area contributed by atoms with Crippen LogP contribution in [-0.2, 0) is 10.8 Å². The fourth-order valence-corrected chi connectivity index (χ4v) is 2.42. The van der Waals surface area contributed by atoms with E-state index in [2.05, 4.69) is 0 Å². The number of hydrogen-bond donors (Lipinski definition) is 1. The number of hydrogen-bond acceptors (Lipinski definition) is 3. The number of amides is 1. The summed E-state index contributed by atoms with van der Waals surface area (Å²) in [6.45, 7) is 4.03. The van der Waals surface area contributed by atoms with Crippen molar-refractivity contribution < 1.29 is 14.1 Å². The van der Waals surface area contributed by atoms with Crippen molar-refractivity contribution in [2.24, 2.45) is 0 Å². The number of aliphatic hydroxyl groups is 1. The first kappa shape index (κ1) is 14.9. The smallest absolute Gasteiger partial charge is 0.253 e. The zero-order valence-electron chi connectivity index (χ0n) is 10.9. The van der Waals surface area contributed by atoms with E-state index in [1.54, 1.807) is 31.3 Å². The molecule has 5 heteroatoms. The number of aliphatic hydroxyl groups excluding tert-OH is 1. The van der Waals surface area contributed by atoms with Crippen molar-refractivity contribution in [1.29, 1.82) is 0 Å². The van der Waals surface area contributed by atoms with E-state index < -0.39 is 10.8 Å². The predicted molar refractivity (Wildman–Crippen MR) is 72.0 cm³/mol. The van der Waals surface area contributed by atoms with Crippen LogP contribution < -0.4 is 0 Å². The lowest BCUT2D eigenvalue weighted by Gasteiger charge is -2.15. The Bertz CT molecular complexity index is 428. The van der Waals surface area contributed by atoms with E-state index in [0.717, 1.165) is 4.90 Å². The number of carbonyl (C=O) groups is 1. The van der Waals surface area contributed by atoms with E-state index in [0.29, 0.717) is 12.1 Å². The second-order valence-corrected chi connectivity index (χ2v) is 6.33. The summed E-state index contributed by atoms with van der Waals surface area (Å²) in [4.78, 5) is 14.1. The van der Waals surface area contributed by atoms with Gasteiger partial charge in [-0.25, -0.2) is 0 Å². The minimum atomic E-state index is -1.04. The summed E-state index contributed by atoms with van der Waals surface area (Å²) in [6.07, 6.45) is 0. The number of rotatable bonds is 5. The molecule has 0 bridgehead atoms. The highest BCUT2D eigenvalue weighted by Gasteiger charge is 2.13. The SMILES string of the molecule is CC(C)S(=O)c1ccc(C(=O)N(C)CCO)cc1. The third-order valence-corrected chi connectivity index (χ3v) is 4.14. The fraction of sp³-hybridized carbons (Fsp3) is 0.462. The third-order valence-electron chi connectivity index (χ3n) is 2.54. The highest BCUT2D eigenvalue weighted by atomic mass is 32.2. The van der Waals surface area contributed by atoms with Crippen LogP contribution in [0.3, 0.4) is 0 Å². The molecule has 1 unspecified atom stereocenters. The molecule has 0 saturated heterocycles. The van der Waals surface area contributed by atoms with Gasteiger partial charge in [0, 0.05) is 29.3 Å². The van der Waals surface area contributed by atoms with Gasteiger partial charge in [-0.2, -0.15) is 0 Å². The number of nitrogens with zero attached hydrogens (tertiary/aromatic N) is 1.